The minimum Gasteiger partial charge on any atom is -0.481 e. The van der Waals surface area contributed by atoms with Crippen molar-refractivity contribution in [2.45, 2.75) is 32.2 Å². The molecular formula is C12H22N2O4. The molecule has 0 aliphatic carbocycles. The van der Waals surface area contributed by atoms with Crippen molar-refractivity contribution in [2.24, 2.45) is 5.92 Å². The van der Waals surface area contributed by atoms with Crippen molar-refractivity contribution >= 4 is 12.0 Å². The predicted octanol–water partition coefficient (Wildman–Crippen LogP) is 0.918. The molecule has 0 bridgehead atoms. The van der Waals surface area contributed by atoms with Crippen LogP contribution in [0.4, 0.5) is 4.79 Å². The number of hydrogen-bond donors (Lipinski definition) is 2. The van der Waals surface area contributed by atoms with E-state index in [1.165, 1.54) is 0 Å². The summed E-state index contributed by atoms with van der Waals surface area (Å²) >= 11 is 0. The maximum Gasteiger partial charge on any atom is 0.317 e. The van der Waals surface area contributed by atoms with E-state index >= 15 is 0 Å². The third-order valence-electron chi connectivity index (χ3n) is 3.10. The van der Waals surface area contributed by atoms with E-state index in [4.69, 9.17) is 9.84 Å². The number of nitrogens with one attached hydrogen (secondary N) is 1. The molecular weight excluding hydrogens is 236 g/mol. The van der Waals surface area contributed by atoms with Crippen LogP contribution in [0, 0.1) is 5.92 Å². The summed E-state index contributed by atoms with van der Waals surface area (Å²) in [6.45, 7) is 3.77. The number of carboxylic acid groups (broad SMARTS) is 1. The van der Waals surface area contributed by atoms with Crippen LogP contribution in [0.25, 0.3) is 0 Å². The van der Waals surface area contributed by atoms with Crippen molar-refractivity contribution in [3.05, 3.63) is 0 Å². The Kier molecular flexibility index (Phi) is 5.91. The quantitative estimate of drug-likeness (QED) is 0.742. The molecule has 0 radical (unpaired) electrons. The number of hydrogen-bond acceptors (Lipinski definition) is 3. The molecule has 2 N–H and O–H groups in total. The van der Waals surface area contributed by atoms with Crippen LogP contribution in [0.15, 0.2) is 0 Å². The number of ether oxygens (including phenoxy) is 1. The molecule has 0 aromatic carbocycles. The monoisotopic (exact) mass is 258 g/mol. The van der Waals surface area contributed by atoms with Gasteiger partial charge in [-0.15, -0.1) is 0 Å². The first kappa shape index (κ1) is 14.8. The second kappa shape index (κ2) is 7.20. The Morgan fingerprint density at radius 3 is 2.89 bits per heavy atom. The van der Waals surface area contributed by atoms with Crippen molar-refractivity contribution in [1.82, 2.24) is 10.2 Å². The zero-order chi connectivity index (χ0) is 13.5. The van der Waals surface area contributed by atoms with Crippen molar-refractivity contribution in [1.29, 1.82) is 0 Å². The normalized spacial score (nSPS) is 20.8. The first-order valence-corrected chi connectivity index (χ1v) is 6.29. The fraction of sp³-hybridized carbons (Fsp3) is 0.833. The molecule has 104 valence electrons. The SMILES string of the molecule is COCC(C)CNC(=O)N1CCCC1CC(=O)O. The van der Waals surface area contributed by atoms with Crippen LogP contribution in [0.2, 0.25) is 0 Å². The fourth-order valence-electron chi connectivity index (χ4n) is 2.22. The van der Waals surface area contributed by atoms with E-state index < -0.39 is 5.97 Å². The second-order valence-electron chi connectivity index (χ2n) is 4.83. The van der Waals surface area contributed by atoms with E-state index in [1.54, 1.807) is 12.0 Å². The maximum absolute atomic E-state index is 11.9. The maximum atomic E-state index is 11.9. The molecule has 6 nitrogen and oxygen atoms in total. The van der Waals surface area contributed by atoms with Crippen LogP contribution in [-0.2, 0) is 9.53 Å². The van der Waals surface area contributed by atoms with Crippen molar-refractivity contribution < 1.29 is 19.4 Å². The standard InChI is InChI=1S/C12H22N2O4/c1-9(8-18-2)7-13-12(17)14-5-3-4-10(14)6-11(15)16/h9-10H,3-8H2,1-2H3,(H,13,17)(H,15,16). The average Bonchev–Trinajstić information content (AvgIpc) is 2.73. The van der Waals surface area contributed by atoms with E-state index in [2.05, 4.69) is 5.32 Å². The number of likely N-dealkylation sites (tertiary alicyclic amines) is 1. The molecule has 2 unspecified atom stereocenters. The smallest absolute Gasteiger partial charge is 0.317 e. The average molecular weight is 258 g/mol. The predicted molar refractivity (Wildman–Crippen MR) is 66.4 cm³/mol. The Morgan fingerprint density at radius 1 is 1.56 bits per heavy atom. The molecule has 1 heterocycles. The molecule has 0 aromatic rings. The van der Waals surface area contributed by atoms with Crippen LogP contribution < -0.4 is 5.32 Å². The van der Waals surface area contributed by atoms with Gasteiger partial charge in [-0.2, -0.15) is 0 Å². The van der Waals surface area contributed by atoms with Gasteiger partial charge >= 0.3 is 12.0 Å². The van der Waals surface area contributed by atoms with E-state index in [1.807, 2.05) is 6.92 Å². The number of methoxy groups -OCH3 is 1. The van der Waals surface area contributed by atoms with Crippen LogP contribution in [-0.4, -0.2) is 54.9 Å². The summed E-state index contributed by atoms with van der Waals surface area (Å²) in [5.74, 6) is -0.605. The van der Waals surface area contributed by atoms with Gasteiger partial charge < -0.3 is 20.1 Å². The second-order valence-corrected chi connectivity index (χ2v) is 4.83. The highest BCUT2D eigenvalue weighted by molar-refractivity contribution is 5.76. The van der Waals surface area contributed by atoms with Crippen molar-refractivity contribution in [2.75, 3.05) is 26.8 Å². The minimum absolute atomic E-state index is 0.0288. The molecule has 0 spiro atoms. The molecule has 2 amide bonds. The van der Waals surface area contributed by atoms with E-state index in [0.717, 1.165) is 12.8 Å². The molecule has 1 rings (SSSR count). The minimum atomic E-state index is -0.854. The van der Waals surface area contributed by atoms with Crippen LogP contribution in [0.5, 0.6) is 0 Å². The molecule has 0 aromatic heterocycles. The molecule has 1 aliphatic rings. The van der Waals surface area contributed by atoms with Crippen molar-refractivity contribution in [3.8, 4) is 0 Å². The third-order valence-corrected chi connectivity index (χ3v) is 3.10. The number of carbonyl (C=O) groups is 2. The highest BCUT2D eigenvalue weighted by Crippen LogP contribution is 2.20. The van der Waals surface area contributed by atoms with E-state index in [0.29, 0.717) is 19.7 Å². The zero-order valence-corrected chi connectivity index (χ0v) is 11.0. The topological polar surface area (TPSA) is 78.9 Å². The molecule has 0 saturated carbocycles. The number of carbonyl (C=O) groups excluding carboxylic acids is 1. The highest BCUT2D eigenvalue weighted by atomic mass is 16.5. The first-order chi connectivity index (χ1) is 8.54. The van der Waals surface area contributed by atoms with E-state index in [9.17, 15) is 9.59 Å². The summed E-state index contributed by atoms with van der Waals surface area (Å²) in [5, 5.41) is 11.6. The highest BCUT2D eigenvalue weighted by Gasteiger charge is 2.30. The van der Waals surface area contributed by atoms with Gasteiger partial charge in [0.2, 0.25) is 0 Å². The first-order valence-electron chi connectivity index (χ1n) is 6.29. The third kappa shape index (κ3) is 4.52. The summed E-state index contributed by atoms with van der Waals surface area (Å²) in [6.07, 6.45) is 1.67. The summed E-state index contributed by atoms with van der Waals surface area (Å²) in [6, 6.07) is -0.332. The Morgan fingerprint density at radius 2 is 2.28 bits per heavy atom. The number of urea groups is 1. The van der Waals surface area contributed by atoms with Gasteiger partial charge in [-0.05, 0) is 18.8 Å². The Balaban J connectivity index is 2.38. The number of aliphatic carboxylic acids is 1. The summed E-state index contributed by atoms with van der Waals surface area (Å²) < 4.78 is 4.99. The van der Waals surface area contributed by atoms with Crippen LogP contribution >= 0.6 is 0 Å². The lowest BCUT2D eigenvalue weighted by atomic mass is 10.1. The van der Waals surface area contributed by atoms with Crippen LogP contribution in [0.1, 0.15) is 26.2 Å². The molecule has 18 heavy (non-hydrogen) atoms. The molecule has 1 aliphatic heterocycles. The molecule has 2 atom stereocenters. The Labute approximate surface area is 107 Å². The number of amides is 2. The van der Waals surface area contributed by atoms with E-state index in [-0.39, 0.29) is 24.4 Å². The molecule has 1 fully saturated rings. The molecule has 6 heteroatoms. The van der Waals surface area contributed by atoms with Gasteiger partial charge in [0.15, 0.2) is 0 Å². The Hall–Kier alpha value is -1.30. The van der Waals surface area contributed by atoms with Gasteiger partial charge in [-0.25, -0.2) is 4.79 Å². The fourth-order valence-corrected chi connectivity index (χ4v) is 2.22. The number of carboxylic acids is 1. The van der Waals surface area contributed by atoms with Crippen LogP contribution in [0.3, 0.4) is 0 Å². The lowest BCUT2D eigenvalue weighted by Crippen LogP contribution is -2.45. The van der Waals surface area contributed by atoms with Gasteiger partial charge in [-0.3, -0.25) is 4.79 Å². The summed E-state index contributed by atoms with van der Waals surface area (Å²) in [5.41, 5.74) is 0. The summed E-state index contributed by atoms with van der Waals surface area (Å²) in [7, 11) is 1.63. The lowest BCUT2D eigenvalue weighted by Gasteiger charge is -2.24. The van der Waals surface area contributed by atoms with Gasteiger partial charge in [0.05, 0.1) is 13.0 Å². The largest absolute Gasteiger partial charge is 0.481 e. The Bertz CT molecular complexity index is 296. The van der Waals surface area contributed by atoms with Gasteiger partial charge in [0.1, 0.15) is 0 Å². The number of nitrogens with zero attached hydrogens (tertiary/aromatic N) is 1. The van der Waals surface area contributed by atoms with Gasteiger partial charge in [0, 0.05) is 26.2 Å². The van der Waals surface area contributed by atoms with Gasteiger partial charge in [0.25, 0.3) is 0 Å². The van der Waals surface area contributed by atoms with Crippen molar-refractivity contribution in [3.63, 3.8) is 0 Å². The number of rotatable bonds is 6. The summed E-state index contributed by atoms with van der Waals surface area (Å²) in [4.78, 5) is 24.3. The zero-order valence-electron chi connectivity index (χ0n) is 11.0. The molecule has 1 saturated heterocycles. The lowest BCUT2D eigenvalue weighted by molar-refractivity contribution is -0.137. The van der Waals surface area contributed by atoms with Gasteiger partial charge in [-0.1, -0.05) is 6.92 Å².